The number of hydrogen-bond acceptors (Lipinski definition) is 8. The van der Waals surface area contributed by atoms with Crippen LogP contribution in [0.25, 0.3) is 46.0 Å². The van der Waals surface area contributed by atoms with Crippen LogP contribution in [0.4, 0.5) is 0 Å². The summed E-state index contributed by atoms with van der Waals surface area (Å²) in [5, 5.41) is 17.2. The van der Waals surface area contributed by atoms with Crippen molar-refractivity contribution in [3.63, 3.8) is 0 Å². The molecule has 0 spiro atoms. The van der Waals surface area contributed by atoms with E-state index in [9.17, 15) is 25.9 Å². The summed E-state index contributed by atoms with van der Waals surface area (Å²) >= 11 is 0. The van der Waals surface area contributed by atoms with Crippen molar-refractivity contribution in [2.75, 3.05) is 0 Å². The van der Waals surface area contributed by atoms with Crippen molar-refractivity contribution >= 4 is 91.5 Å². The van der Waals surface area contributed by atoms with Crippen molar-refractivity contribution in [3.05, 3.63) is 121 Å². The first-order valence-corrected chi connectivity index (χ1v) is 15.8. The van der Waals surface area contributed by atoms with Gasteiger partial charge >= 0.3 is 0 Å². The normalized spacial score (nSPS) is 11.6. The summed E-state index contributed by atoms with van der Waals surface area (Å²) in [6, 6.07) is 26.9. The topological polar surface area (TPSA) is 170 Å². The van der Waals surface area contributed by atoms with Crippen molar-refractivity contribution in [2.24, 2.45) is 0 Å². The third-order valence-electron chi connectivity index (χ3n) is 6.58. The molecule has 0 aliphatic rings. The zero-order chi connectivity index (χ0) is 30.9. The SMILES string of the molecule is O=S(=O)(O)c1cc(-n2ncc(-c3ccccc3)n2)ccc1C=Cc1ccc(-n2ncc(-c3ccccc3)n2)cc1S(=O)(=O)O.[Na].[Na]. The van der Waals surface area contributed by atoms with Gasteiger partial charge in [0.15, 0.2) is 0 Å². The molecule has 4 aromatic carbocycles. The van der Waals surface area contributed by atoms with Crippen LogP contribution < -0.4 is 0 Å². The van der Waals surface area contributed by atoms with Crippen LogP contribution >= 0.6 is 0 Å². The minimum Gasteiger partial charge on any atom is -0.282 e. The largest absolute Gasteiger partial charge is 0.295 e. The smallest absolute Gasteiger partial charge is 0.282 e. The Kier molecular flexibility index (Phi) is 11.3. The molecule has 12 nitrogen and oxygen atoms in total. The Morgan fingerprint density at radius 2 is 0.913 bits per heavy atom. The molecule has 0 unspecified atom stereocenters. The minimum absolute atomic E-state index is 0. The molecule has 16 heteroatoms. The van der Waals surface area contributed by atoms with E-state index < -0.39 is 30.0 Å². The minimum atomic E-state index is -4.72. The van der Waals surface area contributed by atoms with Crippen LogP contribution in [0.2, 0.25) is 0 Å². The van der Waals surface area contributed by atoms with Gasteiger partial charge in [0.1, 0.15) is 21.2 Å². The molecule has 0 saturated heterocycles. The molecule has 0 saturated carbocycles. The Labute approximate surface area is 308 Å². The second-order valence-corrected chi connectivity index (χ2v) is 12.3. The number of nitrogens with zero attached hydrogens (tertiary/aromatic N) is 6. The second-order valence-electron chi connectivity index (χ2n) is 9.50. The third kappa shape index (κ3) is 7.98. The molecule has 0 aliphatic carbocycles. The zero-order valence-electron chi connectivity index (χ0n) is 24.6. The quantitative estimate of drug-likeness (QED) is 0.136. The standard InChI is InChI=1S/C30H22N6O6S2.2Na/c37-43(38,39)29-17-25(35-31-19-27(33-35)21-7-3-1-4-8-21)15-13-23(29)11-12-24-14-16-26(18-30(24)44(40,41)42)36-32-20-28(34-36)22-9-5-2-6-10-22;;/h1-20H,(H,37,38,39)(H,40,41,42);;. The van der Waals surface area contributed by atoms with Crippen LogP contribution in [-0.4, -0.2) is 115 Å². The predicted molar refractivity (Wildman–Crippen MR) is 174 cm³/mol. The Hall–Kier alpha value is -3.28. The Bertz CT molecular complexity index is 2080. The van der Waals surface area contributed by atoms with Crippen molar-refractivity contribution in [1.82, 2.24) is 30.0 Å². The Balaban J connectivity index is 0.00000240. The molecular formula is C30H22N6Na2O6S2. The molecule has 2 N–H and O–H groups in total. The maximum atomic E-state index is 12.3. The molecule has 0 amide bonds. The average Bonchev–Trinajstić information content (AvgIpc) is 3.71. The van der Waals surface area contributed by atoms with Gasteiger partial charge in [0.05, 0.1) is 23.8 Å². The molecule has 46 heavy (non-hydrogen) atoms. The van der Waals surface area contributed by atoms with Crippen LogP contribution in [0.5, 0.6) is 0 Å². The molecule has 2 radical (unpaired) electrons. The Morgan fingerprint density at radius 1 is 0.543 bits per heavy atom. The van der Waals surface area contributed by atoms with Crippen molar-refractivity contribution in [1.29, 1.82) is 0 Å². The van der Waals surface area contributed by atoms with Crippen LogP contribution in [0.15, 0.2) is 119 Å². The first-order chi connectivity index (χ1) is 21.1. The van der Waals surface area contributed by atoms with E-state index >= 15 is 0 Å². The molecular weight excluding hydrogens is 650 g/mol. The summed E-state index contributed by atoms with van der Waals surface area (Å²) in [5.74, 6) is 0. The molecule has 6 aromatic rings. The number of aromatic nitrogens is 6. The van der Waals surface area contributed by atoms with Crippen LogP contribution in [-0.2, 0) is 20.2 Å². The van der Waals surface area contributed by atoms with Crippen molar-refractivity contribution in [3.8, 4) is 33.9 Å². The molecule has 0 bridgehead atoms. The predicted octanol–water partition coefficient (Wildman–Crippen LogP) is 4.08. The summed E-state index contributed by atoms with van der Waals surface area (Å²) < 4.78 is 69.3. The van der Waals surface area contributed by atoms with Gasteiger partial charge in [0.25, 0.3) is 20.2 Å². The molecule has 0 aliphatic heterocycles. The second kappa shape index (κ2) is 14.6. The molecule has 2 aromatic heterocycles. The van der Waals surface area contributed by atoms with Crippen molar-refractivity contribution in [2.45, 2.75) is 9.79 Å². The first kappa shape index (κ1) is 35.6. The van der Waals surface area contributed by atoms with Gasteiger partial charge in [-0.3, -0.25) is 9.11 Å². The average molecular weight is 673 g/mol. The van der Waals surface area contributed by atoms with Gasteiger partial charge in [-0.2, -0.15) is 36.6 Å². The summed E-state index contributed by atoms with van der Waals surface area (Å²) in [7, 11) is -9.45. The van der Waals surface area contributed by atoms with E-state index in [1.807, 2.05) is 60.7 Å². The van der Waals surface area contributed by atoms with E-state index in [1.165, 1.54) is 58.4 Å². The number of hydrogen-bond donors (Lipinski definition) is 2. The maximum Gasteiger partial charge on any atom is 0.295 e. The fourth-order valence-corrected chi connectivity index (χ4v) is 5.86. The van der Waals surface area contributed by atoms with Crippen LogP contribution in [0.1, 0.15) is 11.1 Å². The summed E-state index contributed by atoms with van der Waals surface area (Å²) in [6.45, 7) is 0. The van der Waals surface area contributed by atoms with E-state index in [1.54, 1.807) is 12.1 Å². The van der Waals surface area contributed by atoms with Gasteiger partial charge in [0, 0.05) is 70.2 Å². The van der Waals surface area contributed by atoms with E-state index in [0.29, 0.717) is 11.4 Å². The van der Waals surface area contributed by atoms with Gasteiger partial charge in [-0.1, -0.05) is 84.9 Å². The van der Waals surface area contributed by atoms with Gasteiger partial charge in [-0.05, 0) is 35.4 Å². The molecule has 2 heterocycles. The van der Waals surface area contributed by atoms with Gasteiger partial charge in [-0.25, -0.2) is 0 Å². The van der Waals surface area contributed by atoms with E-state index in [4.69, 9.17) is 0 Å². The van der Waals surface area contributed by atoms with Gasteiger partial charge in [0.2, 0.25) is 0 Å². The van der Waals surface area contributed by atoms with Crippen molar-refractivity contribution < 1.29 is 25.9 Å². The zero-order valence-corrected chi connectivity index (χ0v) is 30.2. The van der Waals surface area contributed by atoms with Crippen LogP contribution in [0, 0.1) is 0 Å². The maximum absolute atomic E-state index is 12.3. The molecule has 0 fully saturated rings. The van der Waals surface area contributed by atoms with Gasteiger partial charge < -0.3 is 0 Å². The monoisotopic (exact) mass is 672 g/mol. The molecule has 6 rings (SSSR count). The third-order valence-corrected chi connectivity index (χ3v) is 8.40. The summed E-state index contributed by atoms with van der Waals surface area (Å²) in [4.78, 5) is 1.55. The molecule has 222 valence electrons. The van der Waals surface area contributed by atoms with E-state index in [-0.39, 0.29) is 81.6 Å². The fourth-order valence-electron chi connectivity index (χ4n) is 4.45. The first-order valence-electron chi connectivity index (χ1n) is 12.9. The van der Waals surface area contributed by atoms with Crippen LogP contribution in [0.3, 0.4) is 0 Å². The van der Waals surface area contributed by atoms with E-state index in [0.717, 1.165) is 11.1 Å². The molecule has 0 atom stereocenters. The van der Waals surface area contributed by atoms with Gasteiger partial charge in [-0.15, -0.1) is 10.2 Å². The number of benzene rings is 4. The fraction of sp³-hybridized carbons (Fsp3) is 0. The summed E-state index contributed by atoms with van der Waals surface area (Å²) in [6.07, 6.45) is 5.67. The number of rotatable bonds is 8. The van der Waals surface area contributed by atoms with E-state index in [2.05, 4.69) is 20.4 Å². The summed E-state index contributed by atoms with van der Waals surface area (Å²) in [5.41, 5.74) is 3.39. The Morgan fingerprint density at radius 3 is 1.26 bits per heavy atom.